The highest BCUT2D eigenvalue weighted by molar-refractivity contribution is 7.98. The van der Waals surface area contributed by atoms with Crippen molar-refractivity contribution in [1.29, 1.82) is 0 Å². The van der Waals surface area contributed by atoms with Crippen LogP contribution in [0.2, 0.25) is 0 Å². The molecule has 1 saturated heterocycles. The Morgan fingerprint density at radius 3 is 2.82 bits per heavy atom. The summed E-state index contributed by atoms with van der Waals surface area (Å²) in [6.45, 7) is 1.30. The highest BCUT2D eigenvalue weighted by atomic mass is 35.5. The van der Waals surface area contributed by atoms with E-state index >= 15 is 0 Å². The van der Waals surface area contributed by atoms with Crippen molar-refractivity contribution in [1.82, 2.24) is 15.5 Å². The molecule has 1 aliphatic heterocycles. The number of hydrogen-bond donors (Lipinski definition) is 2. The third-order valence-electron chi connectivity index (χ3n) is 4.67. The summed E-state index contributed by atoms with van der Waals surface area (Å²) >= 11 is 1.60. The summed E-state index contributed by atoms with van der Waals surface area (Å²) in [4.78, 5) is 37.7. The molecule has 1 aromatic rings. The Morgan fingerprint density at radius 1 is 1.43 bits per heavy atom. The Hall–Kier alpha value is -1.84. The average molecular weight is 431 g/mol. The van der Waals surface area contributed by atoms with E-state index in [1.165, 1.54) is 24.3 Å². The molecule has 8 nitrogen and oxygen atoms in total. The van der Waals surface area contributed by atoms with Crippen molar-refractivity contribution in [2.24, 2.45) is 0 Å². The summed E-state index contributed by atoms with van der Waals surface area (Å²) < 4.78 is 0. The van der Waals surface area contributed by atoms with Crippen LogP contribution in [0, 0.1) is 10.1 Å². The van der Waals surface area contributed by atoms with Crippen LogP contribution in [0.1, 0.15) is 29.6 Å². The SMILES string of the molecule is CNC1CCCN(C(=O)C(CCSC)NC(=O)c2cccc([N+](=O)[O-])c2)C1.Cl. The predicted molar refractivity (Wildman–Crippen MR) is 113 cm³/mol. The molecule has 1 heterocycles. The van der Waals surface area contributed by atoms with Gasteiger partial charge in [-0.1, -0.05) is 6.07 Å². The van der Waals surface area contributed by atoms with Gasteiger partial charge in [-0.15, -0.1) is 12.4 Å². The Bertz CT molecular complexity index is 691. The topological polar surface area (TPSA) is 105 Å². The number of carbonyl (C=O) groups is 2. The van der Waals surface area contributed by atoms with Gasteiger partial charge in [0.05, 0.1) is 4.92 Å². The van der Waals surface area contributed by atoms with Crippen LogP contribution in [0.25, 0.3) is 0 Å². The first-order valence-electron chi connectivity index (χ1n) is 8.96. The number of halogens is 1. The number of thioether (sulfide) groups is 1. The van der Waals surface area contributed by atoms with Gasteiger partial charge in [-0.05, 0) is 44.4 Å². The molecule has 2 unspecified atom stereocenters. The number of non-ortho nitro benzene ring substituents is 1. The Kier molecular flexibility index (Phi) is 10.3. The second-order valence-corrected chi connectivity index (χ2v) is 7.51. The van der Waals surface area contributed by atoms with E-state index in [1.807, 2.05) is 13.3 Å². The molecule has 0 aromatic heterocycles. The first-order valence-corrected chi connectivity index (χ1v) is 10.4. The van der Waals surface area contributed by atoms with E-state index in [4.69, 9.17) is 0 Å². The van der Waals surface area contributed by atoms with Crippen molar-refractivity contribution in [2.75, 3.05) is 32.1 Å². The molecule has 156 valence electrons. The molecular weight excluding hydrogens is 404 g/mol. The smallest absolute Gasteiger partial charge is 0.270 e. The highest BCUT2D eigenvalue weighted by Crippen LogP contribution is 2.16. The molecule has 2 atom stereocenters. The van der Waals surface area contributed by atoms with Gasteiger partial charge in [-0.2, -0.15) is 11.8 Å². The van der Waals surface area contributed by atoms with Crippen molar-refractivity contribution < 1.29 is 14.5 Å². The first-order chi connectivity index (χ1) is 13.0. The fraction of sp³-hybridized carbons (Fsp3) is 0.556. The van der Waals surface area contributed by atoms with Crippen molar-refractivity contribution in [2.45, 2.75) is 31.3 Å². The number of carbonyl (C=O) groups excluding carboxylic acids is 2. The lowest BCUT2D eigenvalue weighted by Gasteiger charge is -2.35. The molecule has 0 bridgehead atoms. The molecule has 0 saturated carbocycles. The number of likely N-dealkylation sites (tertiary alicyclic amines) is 1. The maximum Gasteiger partial charge on any atom is 0.270 e. The minimum Gasteiger partial charge on any atom is -0.340 e. The van der Waals surface area contributed by atoms with Gasteiger partial charge in [0.25, 0.3) is 11.6 Å². The Morgan fingerprint density at radius 2 is 2.18 bits per heavy atom. The minimum atomic E-state index is -0.639. The van der Waals surface area contributed by atoms with Crippen LogP contribution in [-0.4, -0.2) is 65.9 Å². The number of piperidine rings is 1. The zero-order valence-corrected chi connectivity index (χ0v) is 17.7. The predicted octanol–water partition coefficient (Wildman–Crippen LogP) is 2.08. The molecule has 1 aliphatic rings. The number of nitrogens with zero attached hydrogens (tertiary/aromatic N) is 2. The number of nitrogens with one attached hydrogen (secondary N) is 2. The molecule has 2 amide bonds. The van der Waals surface area contributed by atoms with Crippen LogP contribution in [0.5, 0.6) is 0 Å². The number of nitro benzene ring substituents is 1. The van der Waals surface area contributed by atoms with Crippen molar-refractivity contribution >= 4 is 41.7 Å². The summed E-state index contributed by atoms with van der Waals surface area (Å²) in [5.74, 6) is 0.165. The number of hydrogen-bond acceptors (Lipinski definition) is 6. The van der Waals surface area contributed by atoms with Crippen LogP contribution < -0.4 is 10.6 Å². The van der Waals surface area contributed by atoms with Gasteiger partial charge in [-0.3, -0.25) is 19.7 Å². The number of benzene rings is 1. The normalized spacial score (nSPS) is 17.4. The molecule has 10 heteroatoms. The van der Waals surface area contributed by atoms with Crippen LogP contribution in [0.15, 0.2) is 24.3 Å². The highest BCUT2D eigenvalue weighted by Gasteiger charge is 2.29. The van der Waals surface area contributed by atoms with Crippen molar-refractivity contribution in [3.05, 3.63) is 39.9 Å². The summed E-state index contributed by atoms with van der Waals surface area (Å²) in [5, 5.41) is 16.9. The number of nitro groups is 1. The Balaban J connectivity index is 0.00000392. The summed E-state index contributed by atoms with van der Waals surface area (Å²) in [5.41, 5.74) is 0.0282. The summed E-state index contributed by atoms with van der Waals surface area (Å²) in [7, 11) is 1.88. The third-order valence-corrected chi connectivity index (χ3v) is 5.32. The van der Waals surface area contributed by atoms with Crippen molar-refractivity contribution in [3.63, 3.8) is 0 Å². The van der Waals surface area contributed by atoms with E-state index in [0.717, 1.165) is 18.6 Å². The maximum atomic E-state index is 13.0. The van der Waals surface area contributed by atoms with E-state index in [-0.39, 0.29) is 35.6 Å². The van der Waals surface area contributed by atoms with Crippen LogP contribution in [0.4, 0.5) is 5.69 Å². The standard InChI is InChI=1S/C18H26N4O4S.ClH/c1-19-14-6-4-9-21(12-14)18(24)16(8-10-27-2)20-17(23)13-5-3-7-15(11-13)22(25)26;/h3,5,7,11,14,16,19H,4,6,8-10,12H2,1-2H3,(H,20,23);1H. The molecular formula is C18H27ClN4O4S. The molecule has 0 spiro atoms. The van der Waals surface area contributed by atoms with Gasteiger partial charge in [0.2, 0.25) is 5.91 Å². The van der Waals surface area contributed by atoms with E-state index in [1.54, 1.807) is 16.7 Å². The molecule has 1 fully saturated rings. The van der Waals surface area contributed by atoms with E-state index in [2.05, 4.69) is 10.6 Å². The molecule has 0 radical (unpaired) electrons. The van der Waals surface area contributed by atoms with Gasteiger partial charge in [0.1, 0.15) is 6.04 Å². The zero-order valence-electron chi connectivity index (χ0n) is 16.1. The largest absolute Gasteiger partial charge is 0.340 e. The first kappa shape index (κ1) is 24.2. The fourth-order valence-corrected chi connectivity index (χ4v) is 3.60. The van der Waals surface area contributed by atoms with Gasteiger partial charge in [-0.25, -0.2) is 0 Å². The number of rotatable bonds is 8. The minimum absolute atomic E-state index is 0. The lowest BCUT2D eigenvalue weighted by Crippen LogP contribution is -2.54. The van der Waals surface area contributed by atoms with Gasteiger partial charge < -0.3 is 15.5 Å². The van der Waals surface area contributed by atoms with Crippen LogP contribution in [0.3, 0.4) is 0 Å². The van der Waals surface area contributed by atoms with Gasteiger partial charge in [0.15, 0.2) is 0 Å². The van der Waals surface area contributed by atoms with Crippen LogP contribution >= 0.6 is 24.2 Å². The zero-order chi connectivity index (χ0) is 19.8. The quantitative estimate of drug-likeness (QED) is 0.483. The molecule has 28 heavy (non-hydrogen) atoms. The second kappa shape index (κ2) is 11.9. The van der Waals surface area contributed by atoms with Crippen LogP contribution in [-0.2, 0) is 4.79 Å². The lowest BCUT2D eigenvalue weighted by molar-refractivity contribution is -0.384. The van der Waals surface area contributed by atoms with Crippen molar-refractivity contribution in [3.8, 4) is 0 Å². The maximum absolute atomic E-state index is 13.0. The summed E-state index contributed by atoms with van der Waals surface area (Å²) in [6, 6.07) is 5.16. The van der Waals surface area contributed by atoms with Gasteiger partial charge >= 0.3 is 0 Å². The number of likely N-dealkylation sites (N-methyl/N-ethyl adjacent to an activating group) is 1. The average Bonchev–Trinajstić information content (AvgIpc) is 2.70. The second-order valence-electron chi connectivity index (χ2n) is 6.53. The fourth-order valence-electron chi connectivity index (χ4n) is 3.13. The Labute approximate surface area is 175 Å². The molecule has 2 N–H and O–H groups in total. The molecule has 1 aromatic carbocycles. The van der Waals surface area contributed by atoms with E-state index in [9.17, 15) is 19.7 Å². The van der Waals surface area contributed by atoms with E-state index < -0.39 is 16.9 Å². The molecule has 0 aliphatic carbocycles. The van der Waals surface area contributed by atoms with E-state index in [0.29, 0.717) is 19.5 Å². The summed E-state index contributed by atoms with van der Waals surface area (Å²) in [6.07, 6.45) is 4.41. The lowest BCUT2D eigenvalue weighted by atomic mass is 10.0. The number of amides is 2. The van der Waals surface area contributed by atoms with Gasteiger partial charge in [0, 0.05) is 36.8 Å². The third kappa shape index (κ3) is 6.65. The monoisotopic (exact) mass is 430 g/mol. The molecule has 2 rings (SSSR count).